The highest BCUT2D eigenvalue weighted by Gasteiger charge is 2.31. The standard InChI is InChI=1S/C16H17F2NO2/c1-19-16(10-20,12-6-3-2-4-7-12)11-21-14-9-5-8-13(17)15(14)18/h2-9,19-20H,10-11H2,1H3. The highest BCUT2D eigenvalue weighted by molar-refractivity contribution is 5.28. The van der Waals surface area contributed by atoms with Gasteiger partial charge in [0.15, 0.2) is 11.6 Å². The molecule has 0 amide bonds. The number of aliphatic hydroxyl groups excluding tert-OH is 1. The fourth-order valence-electron chi connectivity index (χ4n) is 2.07. The van der Waals surface area contributed by atoms with Gasteiger partial charge in [0.2, 0.25) is 5.82 Å². The Morgan fingerprint density at radius 3 is 2.43 bits per heavy atom. The first-order chi connectivity index (χ1) is 10.1. The normalized spacial score (nSPS) is 13.7. The zero-order valence-corrected chi connectivity index (χ0v) is 11.6. The molecule has 0 bridgehead atoms. The third-order valence-electron chi connectivity index (χ3n) is 3.47. The van der Waals surface area contributed by atoms with E-state index in [2.05, 4.69) is 5.32 Å². The number of aliphatic hydroxyl groups is 1. The average molecular weight is 293 g/mol. The van der Waals surface area contributed by atoms with Gasteiger partial charge in [0, 0.05) is 0 Å². The lowest BCUT2D eigenvalue weighted by Crippen LogP contribution is -2.48. The summed E-state index contributed by atoms with van der Waals surface area (Å²) in [6.45, 7) is -0.283. The molecule has 0 aliphatic rings. The maximum absolute atomic E-state index is 13.6. The first kappa shape index (κ1) is 15.4. The van der Waals surface area contributed by atoms with Gasteiger partial charge in [-0.1, -0.05) is 36.4 Å². The van der Waals surface area contributed by atoms with Crippen LogP contribution in [-0.4, -0.2) is 25.4 Å². The zero-order chi connectivity index (χ0) is 15.3. The van der Waals surface area contributed by atoms with E-state index in [0.29, 0.717) is 0 Å². The molecule has 1 atom stereocenters. The van der Waals surface area contributed by atoms with Gasteiger partial charge in [0.25, 0.3) is 0 Å². The molecule has 0 heterocycles. The third-order valence-corrected chi connectivity index (χ3v) is 3.47. The molecule has 0 saturated heterocycles. The van der Waals surface area contributed by atoms with E-state index >= 15 is 0 Å². The Labute approximate surface area is 122 Å². The second-order valence-electron chi connectivity index (χ2n) is 4.70. The molecule has 1 unspecified atom stereocenters. The van der Waals surface area contributed by atoms with E-state index in [0.717, 1.165) is 11.6 Å². The topological polar surface area (TPSA) is 41.5 Å². The van der Waals surface area contributed by atoms with Crippen LogP contribution in [0.15, 0.2) is 48.5 Å². The van der Waals surface area contributed by atoms with Crippen LogP contribution >= 0.6 is 0 Å². The third kappa shape index (κ3) is 3.20. The maximum Gasteiger partial charge on any atom is 0.200 e. The number of rotatable bonds is 6. The van der Waals surface area contributed by atoms with Crippen molar-refractivity contribution in [3.63, 3.8) is 0 Å². The molecular weight excluding hydrogens is 276 g/mol. The van der Waals surface area contributed by atoms with E-state index in [9.17, 15) is 13.9 Å². The van der Waals surface area contributed by atoms with Crippen LogP contribution in [0, 0.1) is 11.6 Å². The van der Waals surface area contributed by atoms with Crippen molar-refractivity contribution in [2.45, 2.75) is 5.54 Å². The number of halogens is 2. The summed E-state index contributed by atoms with van der Waals surface area (Å²) >= 11 is 0. The molecule has 0 saturated carbocycles. The summed E-state index contributed by atoms with van der Waals surface area (Å²) in [5.74, 6) is -2.18. The number of ether oxygens (including phenoxy) is 1. The number of likely N-dealkylation sites (N-methyl/N-ethyl adjacent to an activating group) is 1. The lowest BCUT2D eigenvalue weighted by Gasteiger charge is -2.32. The minimum absolute atomic E-state index is 0.0373. The summed E-state index contributed by atoms with van der Waals surface area (Å²) in [4.78, 5) is 0. The van der Waals surface area contributed by atoms with E-state index in [1.165, 1.54) is 12.1 Å². The molecule has 0 fully saturated rings. The number of hydrogen-bond acceptors (Lipinski definition) is 3. The van der Waals surface area contributed by atoms with E-state index in [1.54, 1.807) is 7.05 Å². The molecule has 2 N–H and O–H groups in total. The number of nitrogens with one attached hydrogen (secondary N) is 1. The zero-order valence-electron chi connectivity index (χ0n) is 11.6. The van der Waals surface area contributed by atoms with Crippen molar-refractivity contribution in [3.05, 3.63) is 65.7 Å². The van der Waals surface area contributed by atoms with Gasteiger partial charge in [-0.25, -0.2) is 4.39 Å². The number of hydrogen-bond donors (Lipinski definition) is 2. The second kappa shape index (κ2) is 6.65. The van der Waals surface area contributed by atoms with Gasteiger partial charge in [0.1, 0.15) is 12.1 Å². The molecule has 112 valence electrons. The van der Waals surface area contributed by atoms with Crippen molar-refractivity contribution < 1.29 is 18.6 Å². The highest BCUT2D eigenvalue weighted by atomic mass is 19.2. The lowest BCUT2D eigenvalue weighted by molar-refractivity contribution is 0.105. The van der Waals surface area contributed by atoms with Crippen molar-refractivity contribution in [1.29, 1.82) is 0 Å². The van der Waals surface area contributed by atoms with Gasteiger partial charge in [-0.05, 0) is 24.7 Å². The quantitative estimate of drug-likeness (QED) is 0.859. The molecule has 21 heavy (non-hydrogen) atoms. The van der Waals surface area contributed by atoms with Crippen LogP contribution in [-0.2, 0) is 5.54 Å². The largest absolute Gasteiger partial charge is 0.488 e. The smallest absolute Gasteiger partial charge is 0.200 e. The van der Waals surface area contributed by atoms with E-state index in [-0.39, 0.29) is 19.0 Å². The van der Waals surface area contributed by atoms with Crippen molar-refractivity contribution in [2.75, 3.05) is 20.3 Å². The molecule has 2 aromatic carbocycles. The predicted molar refractivity (Wildman–Crippen MR) is 76.1 cm³/mol. The second-order valence-corrected chi connectivity index (χ2v) is 4.70. The van der Waals surface area contributed by atoms with Crippen LogP contribution in [0.5, 0.6) is 5.75 Å². The molecule has 0 aliphatic carbocycles. The molecule has 2 rings (SSSR count). The molecule has 2 aromatic rings. The molecule has 5 heteroatoms. The molecule has 0 aliphatic heterocycles. The molecule has 0 aromatic heterocycles. The van der Waals surface area contributed by atoms with Crippen molar-refractivity contribution in [1.82, 2.24) is 5.32 Å². The molecule has 3 nitrogen and oxygen atoms in total. The summed E-state index contributed by atoms with van der Waals surface area (Å²) in [6.07, 6.45) is 0. The molecule has 0 spiro atoms. The van der Waals surface area contributed by atoms with Crippen molar-refractivity contribution in [3.8, 4) is 5.75 Å². The Balaban J connectivity index is 2.23. The summed E-state index contributed by atoms with van der Waals surface area (Å²) < 4.78 is 32.2. The van der Waals surface area contributed by atoms with Crippen LogP contribution in [0.3, 0.4) is 0 Å². The minimum atomic E-state index is -1.03. The van der Waals surface area contributed by atoms with Gasteiger partial charge < -0.3 is 15.2 Å². The average Bonchev–Trinajstić information content (AvgIpc) is 2.53. The van der Waals surface area contributed by atoms with Crippen LogP contribution in [0.2, 0.25) is 0 Å². The van der Waals surface area contributed by atoms with Gasteiger partial charge in [-0.3, -0.25) is 0 Å². The van der Waals surface area contributed by atoms with Gasteiger partial charge in [-0.15, -0.1) is 0 Å². The summed E-state index contributed by atoms with van der Waals surface area (Å²) in [7, 11) is 1.68. The first-order valence-corrected chi connectivity index (χ1v) is 6.55. The fourth-order valence-corrected chi connectivity index (χ4v) is 2.07. The lowest BCUT2D eigenvalue weighted by atomic mass is 9.92. The van der Waals surface area contributed by atoms with E-state index in [4.69, 9.17) is 4.74 Å². The first-order valence-electron chi connectivity index (χ1n) is 6.55. The van der Waals surface area contributed by atoms with Crippen LogP contribution < -0.4 is 10.1 Å². The van der Waals surface area contributed by atoms with Crippen molar-refractivity contribution >= 4 is 0 Å². The Bertz CT molecular complexity index is 586. The maximum atomic E-state index is 13.6. The van der Waals surface area contributed by atoms with Gasteiger partial charge in [0.05, 0.1) is 6.61 Å². The van der Waals surface area contributed by atoms with Crippen LogP contribution in [0.25, 0.3) is 0 Å². The van der Waals surface area contributed by atoms with E-state index in [1.807, 2.05) is 30.3 Å². The van der Waals surface area contributed by atoms with Crippen LogP contribution in [0.4, 0.5) is 8.78 Å². The Hall–Kier alpha value is -1.98. The Morgan fingerprint density at radius 2 is 1.81 bits per heavy atom. The molecule has 0 radical (unpaired) electrons. The van der Waals surface area contributed by atoms with Crippen LogP contribution in [0.1, 0.15) is 5.56 Å². The summed E-state index contributed by atoms with van der Waals surface area (Å²) in [5, 5.41) is 12.7. The van der Waals surface area contributed by atoms with Gasteiger partial charge in [-0.2, -0.15) is 4.39 Å². The SMILES string of the molecule is CNC(CO)(COc1cccc(F)c1F)c1ccccc1. The van der Waals surface area contributed by atoms with Gasteiger partial charge >= 0.3 is 0 Å². The predicted octanol–water partition coefficient (Wildman–Crippen LogP) is 2.45. The highest BCUT2D eigenvalue weighted by Crippen LogP contribution is 2.24. The van der Waals surface area contributed by atoms with E-state index < -0.39 is 17.2 Å². The summed E-state index contributed by atoms with van der Waals surface area (Å²) in [5.41, 5.74) is -0.0909. The minimum Gasteiger partial charge on any atom is -0.488 e. The van der Waals surface area contributed by atoms with Crippen molar-refractivity contribution in [2.24, 2.45) is 0 Å². The monoisotopic (exact) mass is 293 g/mol. The fraction of sp³-hybridized carbons (Fsp3) is 0.250. The summed E-state index contributed by atoms with van der Waals surface area (Å²) in [6, 6.07) is 12.9. The molecular formula is C16H17F2NO2. The Kier molecular flexibility index (Phi) is 4.88. The Morgan fingerprint density at radius 1 is 1.10 bits per heavy atom. The number of benzene rings is 2.